The highest BCUT2D eigenvalue weighted by atomic mass is 16.5. The molecule has 0 saturated heterocycles. The molecule has 0 fully saturated rings. The molecule has 0 spiro atoms. The van der Waals surface area contributed by atoms with Crippen molar-refractivity contribution in [3.05, 3.63) is 47.8 Å². The lowest BCUT2D eigenvalue weighted by Gasteiger charge is -2.23. The summed E-state index contributed by atoms with van der Waals surface area (Å²) >= 11 is 0. The molecule has 1 aromatic heterocycles. The number of carbonyl (C=O) groups excluding carboxylic acids is 2. The average Bonchev–Trinajstić information content (AvgIpc) is 2.93. The van der Waals surface area contributed by atoms with Gasteiger partial charge in [0.25, 0.3) is 5.91 Å². The van der Waals surface area contributed by atoms with Gasteiger partial charge in [0.05, 0.1) is 5.56 Å². The molecule has 0 saturated carbocycles. The number of carbonyl (C=O) groups is 2. The summed E-state index contributed by atoms with van der Waals surface area (Å²) in [5.74, 6) is 0.0828. The van der Waals surface area contributed by atoms with Crippen molar-refractivity contribution in [2.45, 2.75) is 32.9 Å². The smallest absolute Gasteiger partial charge is 0.339 e. The summed E-state index contributed by atoms with van der Waals surface area (Å²) in [4.78, 5) is 28.6. The highest BCUT2D eigenvalue weighted by molar-refractivity contribution is 5.99. The summed E-state index contributed by atoms with van der Waals surface area (Å²) in [7, 11) is 0. The molecule has 0 bridgehead atoms. The SMILES string of the molecule is CC(C)Cn1ccnc1NC(=O)[C@H]1Cc2ccccc2C(=O)O1. The molecule has 6 heteroatoms. The first-order valence-electron chi connectivity index (χ1n) is 7.65. The summed E-state index contributed by atoms with van der Waals surface area (Å²) in [6.45, 7) is 4.93. The molecule has 0 unspecified atom stereocenters. The van der Waals surface area contributed by atoms with Crippen LogP contribution in [0.15, 0.2) is 36.7 Å². The molecule has 1 aromatic carbocycles. The minimum Gasteiger partial charge on any atom is -0.448 e. The fraction of sp³-hybridized carbons (Fsp3) is 0.353. The Balaban J connectivity index is 1.73. The van der Waals surface area contributed by atoms with Gasteiger partial charge in [-0.15, -0.1) is 0 Å². The van der Waals surface area contributed by atoms with Crippen molar-refractivity contribution in [2.75, 3.05) is 5.32 Å². The standard InChI is InChI=1S/C17H19N3O3/c1-11(2)10-20-8-7-18-17(20)19-15(21)14-9-12-5-3-4-6-13(12)16(22)23-14/h3-8,11,14H,9-10H2,1-2H3,(H,18,19,21)/t14-/m1/s1. The first-order valence-corrected chi connectivity index (χ1v) is 7.65. The van der Waals surface area contributed by atoms with E-state index in [1.165, 1.54) is 0 Å². The molecular weight excluding hydrogens is 294 g/mol. The van der Waals surface area contributed by atoms with Gasteiger partial charge in [0, 0.05) is 25.4 Å². The number of anilines is 1. The van der Waals surface area contributed by atoms with Crippen LogP contribution in [0.5, 0.6) is 0 Å². The van der Waals surface area contributed by atoms with Gasteiger partial charge in [0.15, 0.2) is 6.10 Å². The number of fused-ring (bicyclic) bond motifs is 1. The molecule has 0 radical (unpaired) electrons. The number of hydrogen-bond donors (Lipinski definition) is 1. The number of esters is 1. The highest BCUT2D eigenvalue weighted by Crippen LogP contribution is 2.21. The van der Waals surface area contributed by atoms with E-state index in [1.54, 1.807) is 18.3 Å². The van der Waals surface area contributed by atoms with E-state index >= 15 is 0 Å². The van der Waals surface area contributed by atoms with E-state index in [9.17, 15) is 9.59 Å². The zero-order valence-electron chi connectivity index (χ0n) is 13.2. The Morgan fingerprint density at radius 3 is 3.00 bits per heavy atom. The summed E-state index contributed by atoms with van der Waals surface area (Å²) in [6, 6.07) is 7.18. The van der Waals surface area contributed by atoms with Crippen LogP contribution in [0.4, 0.5) is 5.95 Å². The van der Waals surface area contributed by atoms with Gasteiger partial charge < -0.3 is 9.30 Å². The van der Waals surface area contributed by atoms with Crippen LogP contribution in [-0.2, 0) is 22.5 Å². The van der Waals surface area contributed by atoms with Crippen molar-refractivity contribution in [2.24, 2.45) is 5.92 Å². The Labute approximate surface area is 134 Å². The molecule has 6 nitrogen and oxygen atoms in total. The van der Waals surface area contributed by atoms with Gasteiger partial charge in [0.1, 0.15) is 0 Å². The predicted molar refractivity (Wildman–Crippen MR) is 85.0 cm³/mol. The van der Waals surface area contributed by atoms with Crippen LogP contribution in [0.3, 0.4) is 0 Å². The van der Waals surface area contributed by atoms with Gasteiger partial charge in [-0.2, -0.15) is 0 Å². The number of imidazole rings is 1. The van der Waals surface area contributed by atoms with Crippen LogP contribution in [0.2, 0.25) is 0 Å². The number of hydrogen-bond acceptors (Lipinski definition) is 4. The van der Waals surface area contributed by atoms with Crippen LogP contribution in [0.1, 0.15) is 29.8 Å². The van der Waals surface area contributed by atoms with Crippen LogP contribution in [0.25, 0.3) is 0 Å². The maximum absolute atomic E-state index is 12.4. The van der Waals surface area contributed by atoms with Gasteiger partial charge in [-0.05, 0) is 17.5 Å². The van der Waals surface area contributed by atoms with Gasteiger partial charge >= 0.3 is 5.97 Å². The number of rotatable bonds is 4. The van der Waals surface area contributed by atoms with Gasteiger partial charge in [0.2, 0.25) is 5.95 Å². The average molecular weight is 313 g/mol. The van der Waals surface area contributed by atoms with Gasteiger partial charge in [-0.25, -0.2) is 9.78 Å². The third kappa shape index (κ3) is 3.26. The number of benzene rings is 1. The lowest BCUT2D eigenvalue weighted by molar-refractivity contribution is -0.125. The Kier molecular flexibility index (Phi) is 4.14. The second-order valence-electron chi connectivity index (χ2n) is 6.04. The van der Waals surface area contributed by atoms with E-state index in [2.05, 4.69) is 24.1 Å². The quantitative estimate of drug-likeness (QED) is 0.879. The first kappa shape index (κ1) is 15.3. The van der Waals surface area contributed by atoms with E-state index in [0.717, 1.165) is 12.1 Å². The monoisotopic (exact) mass is 313 g/mol. The summed E-state index contributed by atoms with van der Waals surface area (Å²) in [5, 5.41) is 2.75. The zero-order chi connectivity index (χ0) is 16.4. The Bertz CT molecular complexity index is 736. The number of ether oxygens (including phenoxy) is 1. The minimum absolute atomic E-state index is 0.357. The number of nitrogens with zero attached hydrogens (tertiary/aromatic N) is 2. The second-order valence-corrected chi connectivity index (χ2v) is 6.04. The Morgan fingerprint density at radius 2 is 2.22 bits per heavy atom. The third-order valence-electron chi connectivity index (χ3n) is 3.70. The number of cyclic esters (lactones) is 1. The number of aromatic nitrogens is 2. The Hall–Kier alpha value is -2.63. The normalized spacial score (nSPS) is 16.8. The second kappa shape index (κ2) is 6.24. The zero-order valence-corrected chi connectivity index (χ0v) is 13.2. The third-order valence-corrected chi connectivity index (χ3v) is 3.70. The molecule has 23 heavy (non-hydrogen) atoms. The topological polar surface area (TPSA) is 73.2 Å². The van der Waals surface area contributed by atoms with Crippen molar-refractivity contribution in [1.29, 1.82) is 0 Å². The first-order chi connectivity index (χ1) is 11.0. The molecule has 1 aliphatic rings. The van der Waals surface area contributed by atoms with Crippen molar-refractivity contribution in [1.82, 2.24) is 9.55 Å². The highest BCUT2D eigenvalue weighted by Gasteiger charge is 2.31. The molecule has 2 aromatic rings. The van der Waals surface area contributed by atoms with Gasteiger partial charge in [-0.3, -0.25) is 10.1 Å². The number of amides is 1. The molecular formula is C17H19N3O3. The summed E-state index contributed by atoms with van der Waals surface area (Å²) < 4.78 is 7.13. The van der Waals surface area contributed by atoms with E-state index in [4.69, 9.17) is 4.74 Å². The Morgan fingerprint density at radius 1 is 1.43 bits per heavy atom. The predicted octanol–water partition coefficient (Wildman–Crippen LogP) is 2.26. The molecule has 2 heterocycles. The van der Waals surface area contributed by atoms with Crippen LogP contribution in [-0.4, -0.2) is 27.5 Å². The van der Waals surface area contributed by atoms with E-state index in [-0.39, 0.29) is 5.91 Å². The van der Waals surface area contributed by atoms with Crippen molar-refractivity contribution in [3.63, 3.8) is 0 Å². The van der Waals surface area contributed by atoms with Crippen molar-refractivity contribution >= 4 is 17.8 Å². The molecule has 1 amide bonds. The molecule has 1 atom stereocenters. The fourth-order valence-electron chi connectivity index (χ4n) is 2.64. The van der Waals surface area contributed by atoms with E-state index < -0.39 is 12.1 Å². The lowest BCUT2D eigenvalue weighted by atomic mass is 9.98. The summed E-state index contributed by atoms with van der Waals surface area (Å²) in [5.41, 5.74) is 1.35. The van der Waals surface area contributed by atoms with E-state index in [0.29, 0.717) is 23.9 Å². The minimum atomic E-state index is -0.832. The number of nitrogens with one attached hydrogen (secondary N) is 1. The van der Waals surface area contributed by atoms with Crippen LogP contribution < -0.4 is 5.32 Å². The summed E-state index contributed by atoms with van der Waals surface area (Å²) in [6.07, 6.45) is 3.00. The molecule has 1 N–H and O–H groups in total. The molecule has 120 valence electrons. The molecule has 1 aliphatic heterocycles. The van der Waals surface area contributed by atoms with Crippen LogP contribution >= 0.6 is 0 Å². The lowest BCUT2D eigenvalue weighted by Crippen LogP contribution is -2.38. The maximum atomic E-state index is 12.4. The van der Waals surface area contributed by atoms with Gasteiger partial charge in [-0.1, -0.05) is 32.0 Å². The fourth-order valence-corrected chi connectivity index (χ4v) is 2.64. The molecule has 3 rings (SSSR count). The van der Waals surface area contributed by atoms with E-state index in [1.807, 2.05) is 22.9 Å². The maximum Gasteiger partial charge on any atom is 0.339 e. The van der Waals surface area contributed by atoms with Crippen LogP contribution in [0, 0.1) is 5.92 Å². The van der Waals surface area contributed by atoms with Crippen molar-refractivity contribution < 1.29 is 14.3 Å². The molecule has 0 aliphatic carbocycles. The van der Waals surface area contributed by atoms with Crippen molar-refractivity contribution in [3.8, 4) is 0 Å². The largest absolute Gasteiger partial charge is 0.448 e.